The topological polar surface area (TPSA) is 57.8 Å². The number of anilines is 1. The maximum atomic E-state index is 11.8. The molecule has 2 aromatic rings. The van der Waals surface area contributed by atoms with Gasteiger partial charge in [-0.3, -0.25) is 9.89 Å². The Bertz CT molecular complexity index is 577. The number of hydrogen-bond acceptors (Lipinski definition) is 2. The minimum absolute atomic E-state index is 0.105. The lowest BCUT2D eigenvalue weighted by molar-refractivity contribution is -0.115. The molecule has 1 aromatic heterocycles. The lowest BCUT2D eigenvalue weighted by Crippen LogP contribution is -2.15. The molecular weight excluding hydrogens is 250 g/mol. The quantitative estimate of drug-likeness (QED) is 0.895. The van der Waals surface area contributed by atoms with Gasteiger partial charge in [-0.25, -0.2) is 0 Å². The van der Waals surface area contributed by atoms with Crippen LogP contribution in [0.5, 0.6) is 0 Å². The highest BCUT2D eigenvalue weighted by Crippen LogP contribution is 2.15. The molecule has 1 heterocycles. The van der Waals surface area contributed by atoms with E-state index in [4.69, 9.17) is 11.6 Å². The van der Waals surface area contributed by atoms with E-state index in [1.165, 1.54) is 0 Å². The molecule has 18 heavy (non-hydrogen) atoms. The lowest BCUT2D eigenvalue weighted by atomic mass is 10.1. The number of amides is 1. The number of nitrogens with one attached hydrogen (secondary N) is 2. The average Bonchev–Trinajstić information content (AvgIpc) is 2.61. The highest BCUT2D eigenvalue weighted by atomic mass is 35.5. The van der Waals surface area contributed by atoms with Crippen molar-refractivity contribution in [2.24, 2.45) is 0 Å². The van der Waals surface area contributed by atoms with Crippen LogP contribution in [-0.2, 0) is 11.2 Å². The average molecular weight is 264 g/mol. The Kier molecular flexibility index (Phi) is 3.67. The van der Waals surface area contributed by atoms with E-state index in [-0.39, 0.29) is 12.3 Å². The Hall–Kier alpha value is -1.81. The van der Waals surface area contributed by atoms with E-state index in [1.807, 2.05) is 26.0 Å². The fourth-order valence-corrected chi connectivity index (χ4v) is 1.83. The molecule has 1 amide bonds. The van der Waals surface area contributed by atoms with Crippen molar-refractivity contribution in [3.05, 3.63) is 46.1 Å². The van der Waals surface area contributed by atoms with Gasteiger partial charge in [-0.1, -0.05) is 23.7 Å². The van der Waals surface area contributed by atoms with Gasteiger partial charge < -0.3 is 5.32 Å². The zero-order valence-electron chi connectivity index (χ0n) is 10.2. The maximum Gasteiger partial charge on any atom is 0.230 e. The summed E-state index contributed by atoms with van der Waals surface area (Å²) in [5, 5.41) is 10.3. The summed E-state index contributed by atoms with van der Waals surface area (Å²) in [4.78, 5) is 11.8. The van der Waals surface area contributed by atoms with Crippen molar-refractivity contribution in [3.8, 4) is 0 Å². The molecule has 0 aliphatic carbocycles. The lowest BCUT2D eigenvalue weighted by Gasteiger charge is -2.03. The van der Waals surface area contributed by atoms with Gasteiger partial charge in [0.15, 0.2) is 5.82 Å². The normalized spacial score (nSPS) is 10.4. The minimum atomic E-state index is -0.105. The predicted molar refractivity (Wildman–Crippen MR) is 71.8 cm³/mol. The van der Waals surface area contributed by atoms with Crippen LogP contribution >= 0.6 is 11.6 Å². The molecule has 0 radical (unpaired) electrons. The van der Waals surface area contributed by atoms with Crippen LogP contribution in [0.1, 0.15) is 16.8 Å². The molecule has 0 unspecified atom stereocenters. The third-order valence-electron chi connectivity index (χ3n) is 2.76. The molecule has 0 fully saturated rings. The van der Waals surface area contributed by atoms with E-state index in [0.717, 1.165) is 16.8 Å². The second-order valence-corrected chi connectivity index (χ2v) is 4.61. The predicted octanol–water partition coefficient (Wildman–Crippen LogP) is 2.86. The smallest absolute Gasteiger partial charge is 0.230 e. The van der Waals surface area contributed by atoms with Gasteiger partial charge in [-0.2, -0.15) is 5.10 Å². The monoisotopic (exact) mass is 263 g/mol. The molecule has 0 aliphatic heterocycles. The fourth-order valence-electron chi connectivity index (χ4n) is 1.62. The Morgan fingerprint density at radius 3 is 2.83 bits per heavy atom. The first-order chi connectivity index (χ1) is 8.56. The molecule has 2 rings (SSSR count). The summed E-state index contributed by atoms with van der Waals surface area (Å²) >= 11 is 5.87. The van der Waals surface area contributed by atoms with Crippen LogP contribution in [0.15, 0.2) is 24.3 Å². The molecule has 0 bridgehead atoms. The number of hydrogen-bond donors (Lipinski definition) is 2. The van der Waals surface area contributed by atoms with E-state index in [1.54, 1.807) is 12.1 Å². The number of carbonyl (C=O) groups is 1. The number of benzene rings is 1. The summed E-state index contributed by atoms with van der Waals surface area (Å²) in [5.74, 6) is 0.478. The number of carbonyl (C=O) groups excluding carboxylic acids is 1. The second kappa shape index (κ2) is 5.23. The molecule has 1 aromatic carbocycles. The third-order valence-corrected chi connectivity index (χ3v) is 3.00. The molecule has 0 saturated heterocycles. The first kappa shape index (κ1) is 12.6. The van der Waals surface area contributed by atoms with E-state index in [2.05, 4.69) is 15.5 Å². The molecule has 5 heteroatoms. The molecule has 4 nitrogen and oxygen atoms in total. The summed E-state index contributed by atoms with van der Waals surface area (Å²) < 4.78 is 0. The molecule has 0 aliphatic rings. The number of rotatable bonds is 3. The first-order valence-corrected chi connectivity index (χ1v) is 6.00. The summed E-state index contributed by atoms with van der Waals surface area (Å²) in [6.45, 7) is 3.82. The number of aryl methyl sites for hydroxylation is 1. The van der Waals surface area contributed by atoms with Crippen molar-refractivity contribution in [2.45, 2.75) is 20.3 Å². The minimum Gasteiger partial charge on any atom is -0.309 e. The van der Waals surface area contributed by atoms with E-state index >= 15 is 0 Å². The Morgan fingerprint density at radius 1 is 1.44 bits per heavy atom. The third kappa shape index (κ3) is 2.90. The molecule has 94 valence electrons. The standard InChI is InChI=1S/C13H14ClN3O/c1-8-9(2)16-17-13(8)15-12(18)7-10-4-3-5-11(14)6-10/h3-6H,7H2,1-2H3,(H2,15,16,17,18). The Balaban J connectivity index is 2.03. The molecule has 0 spiro atoms. The van der Waals surface area contributed by atoms with Crippen molar-refractivity contribution in [3.63, 3.8) is 0 Å². The zero-order chi connectivity index (χ0) is 13.1. The van der Waals surface area contributed by atoms with Crippen molar-refractivity contribution >= 4 is 23.3 Å². The number of halogens is 1. The summed E-state index contributed by atoms with van der Waals surface area (Å²) in [6, 6.07) is 7.26. The van der Waals surface area contributed by atoms with Gasteiger partial charge >= 0.3 is 0 Å². The van der Waals surface area contributed by atoms with Crippen LogP contribution in [0.2, 0.25) is 5.02 Å². The van der Waals surface area contributed by atoms with Gasteiger partial charge in [-0.15, -0.1) is 0 Å². The second-order valence-electron chi connectivity index (χ2n) is 4.18. The van der Waals surface area contributed by atoms with Crippen LogP contribution < -0.4 is 5.32 Å². The fraction of sp³-hybridized carbons (Fsp3) is 0.231. The molecule has 0 saturated carbocycles. The molecule has 2 N–H and O–H groups in total. The van der Waals surface area contributed by atoms with E-state index in [9.17, 15) is 4.79 Å². The summed E-state index contributed by atoms with van der Waals surface area (Å²) in [6.07, 6.45) is 0.284. The van der Waals surface area contributed by atoms with Crippen molar-refractivity contribution in [1.29, 1.82) is 0 Å². The zero-order valence-corrected chi connectivity index (χ0v) is 11.0. The van der Waals surface area contributed by atoms with Crippen LogP contribution in [0.3, 0.4) is 0 Å². The van der Waals surface area contributed by atoms with Gasteiger partial charge in [0.1, 0.15) is 0 Å². The van der Waals surface area contributed by atoms with Crippen LogP contribution in [0.25, 0.3) is 0 Å². The van der Waals surface area contributed by atoms with Gasteiger partial charge in [-0.05, 0) is 31.5 Å². The summed E-state index contributed by atoms with van der Waals surface area (Å²) in [5.41, 5.74) is 2.78. The summed E-state index contributed by atoms with van der Waals surface area (Å²) in [7, 11) is 0. The van der Waals surface area contributed by atoms with Gasteiger partial charge in [0, 0.05) is 16.3 Å². The number of nitrogens with zero attached hydrogens (tertiary/aromatic N) is 1. The van der Waals surface area contributed by atoms with E-state index < -0.39 is 0 Å². The van der Waals surface area contributed by atoms with E-state index in [0.29, 0.717) is 10.8 Å². The van der Waals surface area contributed by atoms with Crippen molar-refractivity contribution < 1.29 is 4.79 Å². The molecule has 0 atom stereocenters. The number of aromatic nitrogens is 2. The largest absolute Gasteiger partial charge is 0.309 e. The number of aromatic amines is 1. The Labute approximate surface area is 110 Å². The van der Waals surface area contributed by atoms with Crippen LogP contribution in [0.4, 0.5) is 5.82 Å². The van der Waals surface area contributed by atoms with Crippen molar-refractivity contribution in [1.82, 2.24) is 10.2 Å². The molecular formula is C13H14ClN3O. The van der Waals surface area contributed by atoms with Gasteiger partial charge in [0.25, 0.3) is 0 Å². The van der Waals surface area contributed by atoms with Crippen molar-refractivity contribution in [2.75, 3.05) is 5.32 Å². The highest BCUT2D eigenvalue weighted by molar-refractivity contribution is 6.30. The van der Waals surface area contributed by atoms with Gasteiger partial charge in [0.2, 0.25) is 5.91 Å². The maximum absolute atomic E-state index is 11.8. The van der Waals surface area contributed by atoms with Crippen LogP contribution in [0, 0.1) is 13.8 Å². The van der Waals surface area contributed by atoms with Crippen LogP contribution in [-0.4, -0.2) is 16.1 Å². The first-order valence-electron chi connectivity index (χ1n) is 5.62. The number of H-pyrrole nitrogens is 1. The SMILES string of the molecule is Cc1[nH]nc(NC(=O)Cc2cccc(Cl)c2)c1C. The van der Waals surface area contributed by atoms with Gasteiger partial charge in [0.05, 0.1) is 6.42 Å². The highest BCUT2D eigenvalue weighted by Gasteiger charge is 2.10. The Morgan fingerprint density at radius 2 is 2.22 bits per heavy atom.